The average Bonchev–Trinajstić information content (AvgIpc) is 2.45. The lowest BCUT2D eigenvalue weighted by molar-refractivity contribution is 0.0946. The summed E-state index contributed by atoms with van der Waals surface area (Å²) in [7, 11) is 1.74. The van der Waals surface area contributed by atoms with Crippen LogP contribution in [0.3, 0.4) is 0 Å². The topological polar surface area (TPSA) is 54.0 Å². The Morgan fingerprint density at radius 3 is 2.85 bits per heavy atom. The van der Waals surface area contributed by atoms with Crippen molar-refractivity contribution in [2.24, 2.45) is 0 Å². The molecule has 0 saturated carbocycles. The minimum absolute atomic E-state index is 0.216. The first kappa shape index (κ1) is 14.8. The summed E-state index contributed by atoms with van der Waals surface area (Å²) in [5.41, 5.74) is 1.21. The van der Waals surface area contributed by atoms with Gasteiger partial charge in [0.15, 0.2) is 0 Å². The maximum Gasteiger partial charge on any atom is 0.271 e. The smallest absolute Gasteiger partial charge is 0.271 e. The van der Waals surface area contributed by atoms with Crippen LogP contribution >= 0.6 is 27.5 Å². The molecule has 20 heavy (non-hydrogen) atoms. The molecule has 1 amide bonds. The number of amides is 1. The van der Waals surface area contributed by atoms with Gasteiger partial charge in [-0.2, -0.15) is 0 Å². The molecule has 2 aromatic rings. The molecule has 0 aliphatic rings. The highest BCUT2D eigenvalue weighted by Crippen LogP contribution is 2.17. The quantitative estimate of drug-likeness (QED) is 0.884. The molecule has 4 nitrogen and oxygen atoms in total. The molecule has 0 spiro atoms. The SMILES string of the molecule is CNc1ccc(Cl)c(C(=O)NCc2cccc(Br)c2)n1. The predicted molar refractivity (Wildman–Crippen MR) is 84.1 cm³/mol. The maximum absolute atomic E-state index is 12.1. The van der Waals surface area contributed by atoms with E-state index >= 15 is 0 Å². The van der Waals surface area contributed by atoms with E-state index in [2.05, 4.69) is 31.5 Å². The highest BCUT2D eigenvalue weighted by atomic mass is 79.9. The number of nitrogens with zero attached hydrogens (tertiary/aromatic N) is 1. The minimum Gasteiger partial charge on any atom is -0.373 e. The van der Waals surface area contributed by atoms with Crippen LogP contribution in [0.1, 0.15) is 16.1 Å². The van der Waals surface area contributed by atoms with E-state index in [4.69, 9.17) is 11.6 Å². The van der Waals surface area contributed by atoms with Gasteiger partial charge in [-0.05, 0) is 29.8 Å². The Kier molecular flexibility index (Phi) is 4.98. The molecule has 0 unspecified atom stereocenters. The number of hydrogen-bond donors (Lipinski definition) is 2. The van der Waals surface area contributed by atoms with Crippen molar-refractivity contribution >= 4 is 39.3 Å². The first-order chi connectivity index (χ1) is 9.60. The summed E-state index contributed by atoms with van der Waals surface area (Å²) in [4.78, 5) is 16.3. The number of rotatable bonds is 4. The fourth-order valence-corrected chi connectivity index (χ4v) is 2.29. The molecule has 1 heterocycles. The third kappa shape index (κ3) is 3.71. The fraction of sp³-hybridized carbons (Fsp3) is 0.143. The number of carbonyl (C=O) groups is 1. The molecule has 0 atom stereocenters. The lowest BCUT2D eigenvalue weighted by Gasteiger charge is -2.08. The first-order valence-electron chi connectivity index (χ1n) is 5.97. The van der Waals surface area contributed by atoms with Gasteiger partial charge in [0.1, 0.15) is 11.5 Å². The standard InChI is InChI=1S/C14H13BrClN3O/c1-17-12-6-5-11(16)13(19-12)14(20)18-8-9-3-2-4-10(15)7-9/h2-7H,8H2,1H3,(H,17,19)(H,18,20). The zero-order valence-corrected chi connectivity index (χ0v) is 13.1. The van der Waals surface area contributed by atoms with E-state index in [1.165, 1.54) is 0 Å². The van der Waals surface area contributed by atoms with Crippen molar-refractivity contribution in [1.29, 1.82) is 0 Å². The van der Waals surface area contributed by atoms with E-state index < -0.39 is 0 Å². The van der Waals surface area contributed by atoms with E-state index in [9.17, 15) is 4.79 Å². The molecule has 0 aliphatic carbocycles. The number of nitrogens with one attached hydrogen (secondary N) is 2. The summed E-state index contributed by atoms with van der Waals surface area (Å²) >= 11 is 9.39. The van der Waals surface area contributed by atoms with Crippen LogP contribution in [-0.4, -0.2) is 17.9 Å². The Labute approximate surface area is 130 Å². The maximum atomic E-state index is 12.1. The zero-order valence-electron chi connectivity index (χ0n) is 10.8. The Morgan fingerprint density at radius 1 is 1.35 bits per heavy atom. The van der Waals surface area contributed by atoms with Gasteiger partial charge >= 0.3 is 0 Å². The number of benzene rings is 1. The fourth-order valence-electron chi connectivity index (χ4n) is 1.65. The highest BCUT2D eigenvalue weighted by molar-refractivity contribution is 9.10. The Morgan fingerprint density at radius 2 is 2.15 bits per heavy atom. The van der Waals surface area contributed by atoms with E-state index in [0.717, 1.165) is 10.0 Å². The molecule has 104 valence electrons. The second kappa shape index (κ2) is 6.72. The molecule has 2 N–H and O–H groups in total. The van der Waals surface area contributed by atoms with Gasteiger partial charge in [-0.3, -0.25) is 4.79 Å². The monoisotopic (exact) mass is 353 g/mol. The lowest BCUT2D eigenvalue weighted by atomic mass is 10.2. The van der Waals surface area contributed by atoms with Gasteiger partial charge in [0, 0.05) is 18.1 Å². The van der Waals surface area contributed by atoms with Crippen LogP contribution in [0.25, 0.3) is 0 Å². The number of anilines is 1. The molecule has 2 rings (SSSR count). The van der Waals surface area contributed by atoms with Crippen molar-refractivity contribution in [3.63, 3.8) is 0 Å². The molecule has 6 heteroatoms. The summed E-state index contributed by atoms with van der Waals surface area (Å²) in [6.45, 7) is 0.417. The van der Waals surface area contributed by atoms with Gasteiger partial charge in [0.05, 0.1) is 5.02 Å². The summed E-state index contributed by atoms with van der Waals surface area (Å²) in [5.74, 6) is 0.300. The first-order valence-corrected chi connectivity index (χ1v) is 7.14. The summed E-state index contributed by atoms with van der Waals surface area (Å²) in [6.07, 6.45) is 0. The van der Waals surface area contributed by atoms with Crippen LogP contribution in [0.2, 0.25) is 5.02 Å². The molecule has 0 fully saturated rings. The van der Waals surface area contributed by atoms with Gasteiger partial charge in [-0.15, -0.1) is 0 Å². The van der Waals surface area contributed by atoms with Crippen LogP contribution in [0.5, 0.6) is 0 Å². The Hall–Kier alpha value is -1.59. The second-order valence-electron chi connectivity index (χ2n) is 4.09. The zero-order chi connectivity index (χ0) is 14.5. The number of carbonyl (C=O) groups excluding carboxylic acids is 1. The predicted octanol–water partition coefficient (Wildman–Crippen LogP) is 3.47. The number of pyridine rings is 1. The van der Waals surface area contributed by atoms with Crippen molar-refractivity contribution in [3.8, 4) is 0 Å². The molecule has 1 aromatic carbocycles. The van der Waals surface area contributed by atoms with E-state index in [0.29, 0.717) is 17.4 Å². The summed E-state index contributed by atoms with van der Waals surface area (Å²) < 4.78 is 0.970. The largest absolute Gasteiger partial charge is 0.373 e. The molecular formula is C14H13BrClN3O. The van der Waals surface area contributed by atoms with E-state index in [1.807, 2.05) is 24.3 Å². The third-order valence-electron chi connectivity index (χ3n) is 2.66. The highest BCUT2D eigenvalue weighted by Gasteiger charge is 2.12. The molecule has 0 bridgehead atoms. The molecule has 0 radical (unpaired) electrons. The lowest BCUT2D eigenvalue weighted by Crippen LogP contribution is -2.24. The van der Waals surface area contributed by atoms with Crippen molar-refractivity contribution in [3.05, 3.63) is 57.2 Å². The normalized spacial score (nSPS) is 10.2. The number of aromatic nitrogens is 1. The van der Waals surface area contributed by atoms with Crippen LogP contribution in [0, 0.1) is 0 Å². The van der Waals surface area contributed by atoms with Gasteiger partial charge in [-0.25, -0.2) is 4.98 Å². The molecule has 0 aliphatic heterocycles. The molecule has 1 aromatic heterocycles. The number of hydrogen-bond acceptors (Lipinski definition) is 3. The van der Waals surface area contributed by atoms with Crippen LogP contribution < -0.4 is 10.6 Å². The van der Waals surface area contributed by atoms with Gasteiger partial charge in [-0.1, -0.05) is 39.7 Å². The van der Waals surface area contributed by atoms with Crippen molar-refractivity contribution < 1.29 is 4.79 Å². The Balaban J connectivity index is 2.08. The van der Waals surface area contributed by atoms with E-state index in [-0.39, 0.29) is 11.6 Å². The second-order valence-corrected chi connectivity index (χ2v) is 5.41. The minimum atomic E-state index is -0.299. The van der Waals surface area contributed by atoms with Crippen LogP contribution in [0.4, 0.5) is 5.82 Å². The van der Waals surface area contributed by atoms with Gasteiger partial charge in [0.25, 0.3) is 5.91 Å². The van der Waals surface area contributed by atoms with Crippen LogP contribution in [-0.2, 0) is 6.54 Å². The summed E-state index contributed by atoms with van der Waals surface area (Å²) in [6, 6.07) is 11.1. The third-order valence-corrected chi connectivity index (χ3v) is 3.46. The Bertz CT molecular complexity index is 634. The average molecular weight is 355 g/mol. The van der Waals surface area contributed by atoms with Gasteiger partial charge in [0.2, 0.25) is 0 Å². The van der Waals surface area contributed by atoms with Crippen molar-refractivity contribution in [2.45, 2.75) is 6.54 Å². The van der Waals surface area contributed by atoms with Crippen LogP contribution in [0.15, 0.2) is 40.9 Å². The van der Waals surface area contributed by atoms with Crippen molar-refractivity contribution in [2.75, 3.05) is 12.4 Å². The molecule has 0 saturated heterocycles. The van der Waals surface area contributed by atoms with Gasteiger partial charge < -0.3 is 10.6 Å². The van der Waals surface area contributed by atoms with E-state index in [1.54, 1.807) is 19.2 Å². The molecular weight excluding hydrogens is 342 g/mol. The summed E-state index contributed by atoms with van der Waals surface area (Å²) in [5, 5.41) is 6.00. The number of halogens is 2. The van der Waals surface area contributed by atoms with Crippen molar-refractivity contribution in [1.82, 2.24) is 10.3 Å².